The highest BCUT2D eigenvalue weighted by Crippen LogP contribution is 2.49. The van der Waals surface area contributed by atoms with Crippen molar-refractivity contribution in [3.8, 4) is 11.5 Å². The molecule has 25 heavy (non-hydrogen) atoms. The van der Waals surface area contributed by atoms with Crippen LogP contribution in [0.4, 0.5) is 0 Å². The van der Waals surface area contributed by atoms with E-state index in [9.17, 15) is 10.2 Å². The van der Waals surface area contributed by atoms with Gasteiger partial charge in [0.05, 0.1) is 0 Å². The van der Waals surface area contributed by atoms with E-state index >= 15 is 0 Å². The smallest absolute Gasteiger partial charge is 0.122 e. The first kappa shape index (κ1) is 18.6. The average Bonchev–Trinajstić information content (AvgIpc) is 3.47. The van der Waals surface area contributed by atoms with Crippen LogP contribution in [0, 0.1) is 10.8 Å². The minimum absolute atomic E-state index is 0.264. The molecule has 0 atom stereocenters. The number of aryl methyl sites for hydroxylation is 2. The molecule has 0 saturated heterocycles. The molecule has 2 nitrogen and oxygen atoms in total. The van der Waals surface area contributed by atoms with Crippen molar-refractivity contribution in [3.63, 3.8) is 0 Å². The largest absolute Gasteiger partial charge is 0.508 e. The van der Waals surface area contributed by atoms with Gasteiger partial charge in [-0.3, -0.25) is 0 Å². The predicted molar refractivity (Wildman–Crippen MR) is 104 cm³/mol. The number of unbranched alkanes of at least 4 members (excludes halogenated alkanes) is 3. The van der Waals surface area contributed by atoms with Crippen LogP contribution in [0.2, 0.25) is 0 Å². The summed E-state index contributed by atoms with van der Waals surface area (Å²) in [6.07, 6.45) is 16.2. The first-order valence-corrected chi connectivity index (χ1v) is 10.4. The second kappa shape index (κ2) is 7.60. The maximum atomic E-state index is 10.1. The molecule has 2 saturated carbocycles. The number of hydrogen-bond donors (Lipinski definition) is 2. The highest BCUT2D eigenvalue weighted by molar-refractivity contribution is 5.45. The summed E-state index contributed by atoms with van der Waals surface area (Å²) in [6.45, 7) is 4.78. The van der Waals surface area contributed by atoms with Gasteiger partial charge >= 0.3 is 0 Å². The monoisotopic (exact) mass is 344 g/mol. The van der Waals surface area contributed by atoms with Gasteiger partial charge in [0.1, 0.15) is 11.5 Å². The lowest BCUT2D eigenvalue weighted by Crippen LogP contribution is -1.96. The van der Waals surface area contributed by atoms with Gasteiger partial charge in [0.15, 0.2) is 0 Å². The summed E-state index contributed by atoms with van der Waals surface area (Å²) in [5.74, 6) is 0.529. The zero-order valence-corrected chi connectivity index (χ0v) is 16.2. The lowest BCUT2D eigenvalue weighted by Gasteiger charge is -2.12. The lowest BCUT2D eigenvalue weighted by atomic mass is 9.96. The van der Waals surface area contributed by atoms with Crippen LogP contribution < -0.4 is 0 Å². The van der Waals surface area contributed by atoms with Crippen LogP contribution in [-0.2, 0) is 12.8 Å². The summed E-state index contributed by atoms with van der Waals surface area (Å²) in [5.41, 5.74) is 3.31. The Kier molecular flexibility index (Phi) is 5.65. The third kappa shape index (κ3) is 5.66. The number of rotatable bonds is 11. The molecular weight excluding hydrogens is 308 g/mol. The number of aromatic hydroxyl groups is 2. The standard InChI is InChI=1S/C23H36O2/c1-22(12-13-22)10-6-3-4-8-18-16-19(21(25)17-20(18)24)9-5-7-11-23(2)14-15-23/h16-17,24-25H,3-15H2,1-2H3. The summed E-state index contributed by atoms with van der Waals surface area (Å²) in [4.78, 5) is 0. The Morgan fingerprint density at radius 3 is 1.60 bits per heavy atom. The molecule has 1 aromatic carbocycles. The third-order valence-electron chi connectivity index (χ3n) is 6.69. The van der Waals surface area contributed by atoms with Gasteiger partial charge in [-0.2, -0.15) is 0 Å². The molecule has 2 N–H and O–H groups in total. The predicted octanol–water partition coefficient (Wildman–Crippen LogP) is 6.51. The van der Waals surface area contributed by atoms with Crippen LogP contribution >= 0.6 is 0 Å². The Morgan fingerprint density at radius 2 is 1.12 bits per heavy atom. The fraction of sp³-hybridized carbons (Fsp3) is 0.739. The van der Waals surface area contributed by atoms with Gasteiger partial charge in [0, 0.05) is 6.07 Å². The molecule has 3 rings (SSSR count). The van der Waals surface area contributed by atoms with E-state index in [2.05, 4.69) is 13.8 Å². The fourth-order valence-electron chi connectivity index (χ4n) is 3.91. The Balaban J connectivity index is 1.42. The van der Waals surface area contributed by atoms with E-state index in [0.29, 0.717) is 10.8 Å². The Labute approximate surface area is 153 Å². The molecule has 0 bridgehead atoms. The Hall–Kier alpha value is -1.18. The quantitative estimate of drug-likeness (QED) is 0.449. The molecule has 0 heterocycles. The highest BCUT2D eigenvalue weighted by atomic mass is 16.3. The minimum atomic E-state index is 0.264. The van der Waals surface area contributed by atoms with Crippen LogP contribution in [-0.4, -0.2) is 10.2 Å². The molecule has 0 radical (unpaired) electrons. The minimum Gasteiger partial charge on any atom is -0.508 e. The van der Waals surface area contributed by atoms with Gasteiger partial charge in [-0.15, -0.1) is 0 Å². The average molecular weight is 345 g/mol. The van der Waals surface area contributed by atoms with Crippen molar-refractivity contribution in [1.82, 2.24) is 0 Å². The molecule has 1 aromatic rings. The van der Waals surface area contributed by atoms with Crippen LogP contribution in [0.3, 0.4) is 0 Å². The van der Waals surface area contributed by atoms with E-state index in [1.165, 1.54) is 57.8 Å². The van der Waals surface area contributed by atoms with Gasteiger partial charge in [-0.1, -0.05) is 33.1 Å². The maximum Gasteiger partial charge on any atom is 0.122 e. The molecule has 0 spiro atoms. The van der Waals surface area contributed by atoms with Crippen LogP contribution in [0.15, 0.2) is 12.1 Å². The van der Waals surface area contributed by atoms with Crippen molar-refractivity contribution in [3.05, 3.63) is 23.3 Å². The zero-order chi connectivity index (χ0) is 17.9. The Bertz CT molecular complexity index is 582. The van der Waals surface area contributed by atoms with E-state index in [0.717, 1.165) is 36.8 Å². The summed E-state index contributed by atoms with van der Waals surface area (Å²) in [6, 6.07) is 3.60. The van der Waals surface area contributed by atoms with Gasteiger partial charge in [-0.25, -0.2) is 0 Å². The van der Waals surface area contributed by atoms with E-state index in [1.54, 1.807) is 6.07 Å². The SMILES string of the molecule is CC1(CCCCCc2cc(CCCCC3(C)CC3)c(O)cc2O)CC1. The molecule has 2 aliphatic carbocycles. The van der Waals surface area contributed by atoms with Gasteiger partial charge in [-0.05, 0) is 92.2 Å². The second-order valence-electron chi connectivity index (χ2n) is 9.50. The maximum absolute atomic E-state index is 10.1. The summed E-state index contributed by atoms with van der Waals surface area (Å²) in [5, 5.41) is 20.3. The van der Waals surface area contributed by atoms with E-state index in [1.807, 2.05) is 6.07 Å². The van der Waals surface area contributed by atoms with Crippen LogP contribution in [0.25, 0.3) is 0 Å². The number of hydrogen-bond acceptors (Lipinski definition) is 2. The van der Waals surface area contributed by atoms with Gasteiger partial charge in [0.2, 0.25) is 0 Å². The molecule has 0 unspecified atom stereocenters. The summed E-state index contributed by atoms with van der Waals surface area (Å²) < 4.78 is 0. The second-order valence-corrected chi connectivity index (χ2v) is 9.50. The highest BCUT2D eigenvalue weighted by Gasteiger charge is 2.36. The van der Waals surface area contributed by atoms with E-state index < -0.39 is 0 Å². The van der Waals surface area contributed by atoms with Crippen molar-refractivity contribution in [2.24, 2.45) is 10.8 Å². The van der Waals surface area contributed by atoms with E-state index in [4.69, 9.17) is 0 Å². The topological polar surface area (TPSA) is 40.5 Å². The molecule has 2 aliphatic rings. The van der Waals surface area contributed by atoms with Crippen molar-refractivity contribution in [2.75, 3.05) is 0 Å². The van der Waals surface area contributed by atoms with Crippen molar-refractivity contribution in [2.45, 2.75) is 97.3 Å². The molecule has 0 amide bonds. The number of phenolic OH excluding ortho intramolecular Hbond substituents is 2. The van der Waals surface area contributed by atoms with Crippen LogP contribution in [0.5, 0.6) is 11.5 Å². The molecule has 140 valence electrons. The molecule has 0 aromatic heterocycles. The summed E-state index contributed by atoms with van der Waals surface area (Å²) in [7, 11) is 0. The van der Waals surface area contributed by atoms with Crippen LogP contribution in [0.1, 0.15) is 95.6 Å². The fourth-order valence-corrected chi connectivity index (χ4v) is 3.91. The zero-order valence-electron chi connectivity index (χ0n) is 16.2. The normalized spacial score (nSPS) is 19.8. The van der Waals surface area contributed by atoms with Crippen molar-refractivity contribution >= 4 is 0 Å². The third-order valence-corrected chi connectivity index (χ3v) is 6.69. The molecule has 2 fully saturated rings. The van der Waals surface area contributed by atoms with E-state index in [-0.39, 0.29) is 11.5 Å². The number of benzene rings is 1. The Morgan fingerprint density at radius 1 is 0.680 bits per heavy atom. The van der Waals surface area contributed by atoms with Gasteiger partial charge in [0.25, 0.3) is 0 Å². The van der Waals surface area contributed by atoms with Crippen molar-refractivity contribution < 1.29 is 10.2 Å². The number of phenols is 2. The van der Waals surface area contributed by atoms with Crippen molar-refractivity contribution in [1.29, 1.82) is 0 Å². The summed E-state index contributed by atoms with van der Waals surface area (Å²) >= 11 is 0. The molecule has 0 aliphatic heterocycles. The first-order chi connectivity index (χ1) is 11.9. The molecular formula is C23H36O2. The molecule has 2 heteroatoms. The van der Waals surface area contributed by atoms with Gasteiger partial charge < -0.3 is 10.2 Å². The lowest BCUT2D eigenvalue weighted by molar-refractivity contribution is 0.436. The first-order valence-electron chi connectivity index (χ1n) is 10.4.